The minimum Gasteiger partial charge on any atom is -0.392 e. The summed E-state index contributed by atoms with van der Waals surface area (Å²) < 4.78 is 0. The molecular formula is C20H19NO. The van der Waals surface area contributed by atoms with E-state index in [1.807, 2.05) is 24.3 Å². The third-order valence-electron chi connectivity index (χ3n) is 4.13. The number of pyridine rings is 1. The number of aryl methyl sites for hydroxylation is 1. The molecule has 0 bridgehead atoms. The van der Waals surface area contributed by atoms with E-state index in [-0.39, 0.29) is 6.61 Å². The molecule has 110 valence electrons. The third kappa shape index (κ3) is 2.53. The SMILES string of the molecule is Cc1cccc(-c2nccc(CO)c2-c2ccccc2)c1C. The fourth-order valence-corrected chi connectivity index (χ4v) is 2.77. The number of nitrogens with zero attached hydrogens (tertiary/aromatic N) is 1. The standard InChI is InChI=1S/C20H19NO/c1-14-7-6-10-18(15(14)2)20-19(16-8-4-3-5-9-16)17(13-22)11-12-21-20/h3-12,22H,13H2,1-2H3. The van der Waals surface area contributed by atoms with Crippen LogP contribution in [0.3, 0.4) is 0 Å². The van der Waals surface area contributed by atoms with Gasteiger partial charge in [-0.3, -0.25) is 4.98 Å². The lowest BCUT2D eigenvalue weighted by Crippen LogP contribution is -1.98. The third-order valence-corrected chi connectivity index (χ3v) is 4.13. The van der Waals surface area contributed by atoms with Crippen molar-refractivity contribution in [3.63, 3.8) is 0 Å². The highest BCUT2D eigenvalue weighted by molar-refractivity contribution is 5.84. The first kappa shape index (κ1) is 14.5. The van der Waals surface area contributed by atoms with Crippen LogP contribution in [0.25, 0.3) is 22.4 Å². The first-order valence-corrected chi connectivity index (χ1v) is 7.43. The van der Waals surface area contributed by atoms with Gasteiger partial charge in [-0.1, -0.05) is 48.5 Å². The molecule has 2 heteroatoms. The number of aromatic nitrogens is 1. The van der Waals surface area contributed by atoms with Crippen LogP contribution in [0.1, 0.15) is 16.7 Å². The molecule has 0 atom stereocenters. The Morgan fingerprint density at radius 1 is 0.909 bits per heavy atom. The van der Waals surface area contributed by atoms with Gasteiger partial charge < -0.3 is 5.11 Å². The predicted molar refractivity (Wildman–Crippen MR) is 90.5 cm³/mol. The number of rotatable bonds is 3. The summed E-state index contributed by atoms with van der Waals surface area (Å²) in [6.07, 6.45) is 1.77. The van der Waals surface area contributed by atoms with Gasteiger partial charge in [0.15, 0.2) is 0 Å². The Bertz CT molecular complexity index is 794. The van der Waals surface area contributed by atoms with Gasteiger partial charge in [0.1, 0.15) is 0 Å². The van der Waals surface area contributed by atoms with Crippen molar-refractivity contribution in [2.75, 3.05) is 0 Å². The Labute approximate surface area is 131 Å². The van der Waals surface area contributed by atoms with Gasteiger partial charge in [-0.15, -0.1) is 0 Å². The van der Waals surface area contributed by atoms with Gasteiger partial charge in [-0.2, -0.15) is 0 Å². The minimum atomic E-state index is 0.00457. The molecule has 0 aliphatic heterocycles. The smallest absolute Gasteiger partial charge is 0.0786 e. The summed E-state index contributed by atoms with van der Waals surface area (Å²) in [6, 6.07) is 18.3. The molecule has 0 saturated carbocycles. The molecule has 0 fully saturated rings. The molecule has 3 aromatic rings. The van der Waals surface area contributed by atoms with Crippen LogP contribution in [0.4, 0.5) is 0 Å². The zero-order valence-electron chi connectivity index (χ0n) is 12.9. The fourth-order valence-electron chi connectivity index (χ4n) is 2.77. The minimum absolute atomic E-state index is 0.00457. The molecule has 1 N–H and O–H groups in total. The number of hydrogen-bond donors (Lipinski definition) is 1. The van der Waals surface area contributed by atoms with Crippen LogP contribution in [-0.2, 0) is 6.61 Å². The van der Waals surface area contributed by atoms with Crippen molar-refractivity contribution < 1.29 is 5.11 Å². The highest BCUT2D eigenvalue weighted by Gasteiger charge is 2.15. The average molecular weight is 289 g/mol. The Morgan fingerprint density at radius 2 is 1.68 bits per heavy atom. The largest absolute Gasteiger partial charge is 0.392 e. The molecule has 0 aliphatic carbocycles. The van der Waals surface area contributed by atoms with Crippen LogP contribution in [-0.4, -0.2) is 10.1 Å². The van der Waals surface area contributed by atoms with Gasteiger partial charge in [-0.25, -0.2) is 0 Å². The van der Waals surface area contributed by atoms with Crippen LogP contribution in [0, 0.1) is 13.8 Å². The van der Waals surface area contributed by atoms with E-state index in [2.05, 4.69) is 49.2 Å². The van der Waals surface area contributed by atoms with Gasteiger partial charge in [0.25, 0.3) is 0 Å². The summed E-state index contributed by atoms with van der Waals surface area (Å²) in [5.41, 5.74) is 7.51. The lowest BCUT2D eigenvalue weighted by Gasteiger charge is -2.15. The summed E-state index contributed by atoms with van der Waals surface area (Å²) in [7, 11) is 0. The maximum atomic E-state index is 9.75. The van der Waals surface area contributed by atoms with E-state index in [1.54, 1.807) is 6.20 Å². The lowest BCUT2D eigenvalue weighted by molar-refractivity contribution is 0.282. The van der Waals surface area contributed by atoms with E-state index in [1.165, 1.54) is 11.1 Å². The van der Waals surface area contributed by atoms with Crippen molar-refractivity contribution in [3.8, 4) is 22.4 Å². The zero-order valence-corrected chi connectivity index (χ0v) is 12.9. The van der Waals surface area contributed by atoms with Crippen LogP contribution < -0.4 is 0 Å². The van der Waals surface area contributed by atoms with Crippen molar-refractivity contribution in [2.45, 2.75) is 20.5 Å². The van der Waals surface area contributed by atoms with E-state index in [9.17, 15) is 5.11 Å². The molecular weight excluding hydrogens is 270 g/mol. The number of benzene rings is 2. The Hall–Kier alpha value is -2.45. The van der Waals surface area contributed by atoms with Gasteiger partial charge in [0, 0.05) is 17.3 Å². The van der Waals surface area contributed by atoms with Crippen molar-refractivity contribution in [2.24, 2.45) is 0 Å². The molecule has 22 heavy (non-hydrogen) atoms. The van der Waals surface area contributed by atoms with Gasteiger partial charge in [-0.05, 0) is 42.2 Å². The maximum Gasteiger partial charge on any atom is 0.0786 e. The number of aliphatic hydroxyl groups excluding tert-OH is 1. The Balaban J connectivity index is 2.31. The zero-order chi connectivity index (χ0) is 15.5. The van der Waals surface area contributed by atoms with Crippen LogP contribution in [0.15, 0.2) is 60.8 Å². The van der Waals surface area contributed by atoms with E-state index in [4.69, 9.17) is 0 Å². The van der Waals surface area contributed by atoms with E-state index in [0.29, 0.717) is 0 Å². The first-order valence-electron chi connectivity index (χ1n) is 7.43. The quantitative estimate of drug-likeness (QED) is 0.768. The van der Waals surface area contributed by atoms with E-state index in [0.717, 1.165) is 27.9 Å². The number of hydrogen-bond acceptors (Lipinski definition) is 2. The van der Waals surface area contributed by atoms with Crippen molar-refractivity contribution in [1.82, 2.24) is 4.98 Å². The van der Waals surface area contributed by atoms with Gasteiger partial charge in [0.2, 0.25) is 0 Å². The molecule has 2 aromatic carbocycles. The molecule has 0 unspecified atom stereocenters. The molecule has 0 amide bonds. The molecule has 2 nitrogen and oxygen atoms in total. The summed E-state index contributed by atoms with van der Waals surface area (Å²) in [4.78, 5) is 4.62. The number of aliphatic hydroxyl groups is 1. The molecule has 1 heterocycles. The second kappa shape index (κ2) is 6.12. The predicted octanol–water partition coefficient (Wildman–Crippen LogP) is 4.52. The first-order chi connectivity index (χ1) is 10.7. The van der Waals surface area contributed by atoms with Crippen LogP contribution in [0.2, 0.25) is 0 Å². The molecule has 1 aromatic heterocycles. The topological polar surface area (TPSA) is 33.1 Å². The molecule has 0 radical (unpaired) electrons. The fraction of sp³-hybridized carbons (Fsp3) is 0.150. The second-order valence-corrected chi connectivity index (χ2v) is 5.47. The Kier molecular flexibility index (Phi) is 4.03. The molecule has 3 rings (SSSR count). The average Bonchev–Trinajstić information content (AvgIpc) is 2.57. The monoisotopic (exact) mass is 289 g/mol. The highest BCUT2D eigenvalue weighted by Crippen LogP contribution is 2.35. The van der Waals surface area contributed by atoms with Crippen molar-refractivity contribution in [3.05, 3.63) is 77.5 Å². The van der Waals surface area contributed by atoms with Crippen LogP contribution >= 0.6 is 0 Å². The van der Waals surface area contributed by atoms with E-state index >= 15 is 0 Å². The van der Waals surface area contributed by atoms with Crippen molar-refractivity contribution >= 4 is 0 Å². The summed E-state index contributed by atoms with van der Waals surface area (Å²) in [6.45, 7) is 4.23. The van der Waals surface area contributed by atoms with Crippen LogP contribution in [0.5, 0.6) is 0 Å². The lowest BCUT2D eigenvalue weighted by atomic mass is 9.92. The molecule has 0 spiro atoms. The molecule has 0 aliphatic rings. The summed E-state index contributed by atoms with van der Waals surface area (Å²) >= 11 is 0. The van der Waals surface area contributed by atoms with Crippen molar-refractivity contribution in [1.29, 1.82) is 0 Å². The highest BCUT2D eigenvalue weighted by atomic mass is 16.3. The summed E-state index contributed by atoms with van der Waals surface area (Å²) in [5.74, 6) is 0. The van der Waals surface area contributed by atoms with Gasteiger partial charge >= 0.3 is 0 Å². The molecule has 0 saturated heterocycles. The Morgan fingerprint density at radius 3 is 2.41 bits per heavy atom. The van der Waals surface area contributed by atoms with Gasteiger partial charge in [0.05, 0.1) is 12.3 Å². The normalized spacial score (nSPS) is 10.7. The second-order valence-electron chi connectivity index (χ2n) is 5.47. The summed E-state index contributed by atoms with van der Waals surface area (Å²) in [5, 5.41) is 9.75. The van der Waals surface area contributed by atoms with E-state index < -0.39 is 0 Å². The maximum absolute atomic E-state index is 9.75.